The summed E-state index contributed by atoms with van der Waals surface area (Å²) < 4.78 is 44.5. The van der Waals surface area contributed by atoms with Crippen molar-refractivity contribution in [3.63, 3.8) is 0 Å². The topological polar surface area (TPSA) is 47.3 Å². The number of alkyl halides is 3. The van der Waals surface area contributed by atoms with Gasteiger partial charge in [0.25, 0.3) is 5.78 Å². The molecule has 3 aromatic rings. The van der Waals surface area contributed by atoms with Gasteiger partial charge in [0, 0.05) is 11.1 Å². The summed E-state index contributed by atoms with van der Waals surface area (Å²) in [5, 5.41) is 0.388. The van der Waals surface area contributed by atoms with Crippen molar-refractivity contribution in [1.29, 1.82) is 0 Å². The quantitative estimate of drug-likeness (QED) is 0.227. The lowest BCUT2D eigenvalue weighted by molar-refractivity contribution is -0.166. The van der Waals surface area contributed by atoms with Crippen molar-refractivity contribution in [2.24, 2.45) is 0 Å². The fourth-order valence-corrected chi connectivity index (χ4v) is 2.74. The van der Waals surface area contributed by atoms with Crippen LogP contribution in [0, 0.1) is 0 Å². The molecule has 0 bridgehead atoms. The highest BCUT2D eigenvalue weighted by atomic mass is 35.5. The Hall–Kier alpha value is -3.12. The average Bonchev–Trinajstić information content (AvgIpc) is 3.14. The molecule has 3 rings (SSSR count). The van der Waals surface area contributed by atoms with Gasteiger partial charge in [0.2, 0.25) is 0 Å². The zero-order valence-corrected chi connectivity index (χ0v) is 14.9. The molecule has 0 unspecified atom stereocenters. The molecular weight excluding hydrogens is 393 g/mol. The van der Waals surface area contributed by atoms with E-state index in [1.807, 2.05) is 0 Å². The average molecular weight is 405 g/mol. The van der Waals surface area contributed by atoms with E-state index >= 15 is 0 Å². The molecule has 0 radical (unpaired) electrons. The summed E-state index contributed by atoms with van der Waals surface area (Å²) >= 11 is 6.08. The molecule has 0 spiro atoms. The molecule has 28 heavy (non-hydrogen) atoms. The zero-order valence-electron chi connectivity index (χ0n) is 14.2. The van der Waals surface area contributed by atoms with Gasteiger partial charge in [-0.1, -0.05) is 54.1 Å². The van der Waals surface area contributed by atoms with Crippen LogP contribution in [0.1, 0.15) is 16.1 Å². The Morgan fingerprint density at radius 3 is 2.18 bits per heavy atom. The SMILES string of the molecule is O=C(C(=Cc1ccc(-c2ccccc2Cl)o1)C(=O)C(F)(F)F)c1ccccc1. The Kier molecular flexibility index (Phi) is 5.51. The Morgan fingerprint density at radius 1 is 0.893 bits per heavy atom. The third-order valence-corrected chi connectivity index (χ3v) is 4.16. The van der Waals surface area contributed by atoms with Crippen LogP contribution >= 0.6 is 11.6 Å². The molecule has 3 nitrogen and oxygen atoms in total. The highest BCUT2D eigenvalue weighted by molar-refractivity contribution is 6.33. The van der Waals surface area contributed by atoms with Crippen molar-refractivity contribution in [2.45, 2.75) is 6.18 Å². The van der Waals surface area contributed by atoms with Crippen molar-refractivity contribution in [3.05, 3.63) is 88.6 Å². The number of rotatable bonds is 5. The number of ketones is 2. The van der Waals surface area contributed by atoms with Crippen LogP contribution in [0.5, 0.6) is 0 Å². The first-order chi connectivity index (χ1) is 13.3. The largest absolute Gasteiger partial charge is 0.457 e. The summed E-state index contributed by atoms with van der Waals surface area (Å²) in [5.41, 5.74) is -0.537. The monoisotopic (exact) mass is 404 g/mol. The second-order valence-electron chi connectivity index (χ2n) is 5.76. The van der Waals surface area contributed by atoms with Crippen LogP contribution in [0.3, 0.4) is 0 Å². The number of benzene rings is 2. The molecule has 0 amide bonds. The Balaban J connectivity index is 2.04. The van der Waals surface area contributed by atoms with Gasteiger partial charge in [-0.2, -0.15) is 13.2 Å². The lowest BCUT2D eigenvalue weighted by Gasteiger charge is -2.08. The van der Waals surface area contributed by atoms with Crippen LogP contribution < -0.4 is 0 Å². The molecule has 0 atom stereocenters. The van der Waals surface area contributed by atoms with Crippen LogP contribution in [0.2, 0.25) is 5.02 Å². The van der Waals surface area contributed by atoms with E-state index in [0.717, 1.165) is 6.08 Å². The maximum absolute atomic E-state index is 13.0. The fraction of sp³-hybridized carbons (Fsp3) is 0.0476. The third-order valence-electron chi connectivity index (χ3n) is 3.84. The smallest absolute Gasteiger partial charge is 0.455 e. The fourth-order valence-electron chi connectivity index (χ4n) is 2.51. The first kappa shape index (κ1) is 19.6. The molecule has 1 aromatic heterocycles. The van der Waals surface area contributed by atoms with E-state index in [-0.39, 0.29) is 11.3 Å². The molecule has 2 aromatic carbocycles. The molecule has 0 saturated carbocycles. The Labute approximate surface area is 163 Å². The number of allylic oxidation sites excluding steroid dienone is 1. The van der Waals surface area contributed by atoms with Gasteiger partial charge in [0.15, 0.2) is 5.78 Å². The van der Waals surface area contributed by atoms with Crippen LogP contribution in [0.15, 0.2) is 76.7 Å². The predicted octanol–water partition coefficient (Wildman–Crippen LogP) is 6.00. The highest BCUT2D eigenvalue weighted by Crippen LogP contribution is 2.31. The third kappa shape index (κ3) is 4.23. The molecule has 0 aliphatic carbocycles. The molecule has 142 valence electrons. The Bertz CT molecular complexity index is 1050. The van der Waals surface area contributed by atoms with Gasteiger partial charge < -0.3 is 4.42 Å². The van der Waals surface area contributed by atoms with Crippen molar-refractivity contribution >= 4 is 29.2 Å². The van der Waals surface area contributed by atoms with Crippen molar-refractivity contribution in [3.8, 4) is 11.3 Å². The van der Waals surface area contributed by atoms with Gasteiger partial charge in [0.1, 0.15) is 11.5 Å². The van der Waals surface area contributed by atoms with E-state index in [1.165, 1.54) is 36.4 Å². The maximum atomic E-state index is 13.0. The summed E-state index contributed by atoms with van der Waals surface area (Å²) in [7, 11) is 0. The van der Waals surface area contributed by atoms with Crippen LogP contribution in [0.4, 0.5) is 13.2 Å². The second kappa shape index (κ2) is 7.86. The van der Waals surface area contributed by atoms with Crippen LogP contribution in [-0.2, 0) is 4.79 Å². The molecule has 1 heterocycles. The van der Waals surface area contributed by atoms with Crippen LogP contribution in [0.25, 0.3) is 17.4 Å². The van der Waals surface area contributed by atoms with E-state index in [9.17, 15) is 22.8 Å². The zero-order chi connectivity index (χ0) is 20.3. The highest BCUT2D eigenvalue weighted by Gasteiger charge is 2.43. The minimum absolute atomic E-state index is 0.0377. The van der Waals surface area contributed by atoms with E-state index < -0.39 is 23.3 Å². The summed E-state index contributed by atoms with van der Waals surface area (Å²) in [6.07, 6.45) is -4.40. The minimum Gasteiger partial charge on any atom is -0.457 e. The predicted molar refractivity (Wildman–Crippen MR) is 99.0 cm³/mol. The van der Waals surface area contributed by atoms with E-state index in [1.54, 1.807) is 30.3 Å². The molecule has 7 heteroatoms. The molecule has 0 aliphatic heterocycles. The second-order valence-corrected chi connectivity index (χ2v) is 6.17. The number of Topliss-reactive ketones (excluding diaryl/α,β-unsaturated/α-hetero) is 2. The Morgan fingerprint density at radius 2 is 1.54 bits per heavy atom. The lowest BCUT2D eigenvalue weighted by atomic mass is 9.99. The first-order valence-corrected chi connectivity index (χ1v) is 8.43. The van der Waals surface area contributed by atoms with Crippen molar-refractivity contribution in [1.82, 2.24) is 0 Å². The number of furan rings is 1. The summed E-state index contributed by atoms with van der Waals surface area (Å²) in [5.74, 6) is -3.06. The number of hydrogen-bond donors (Lipinski definition) is 0. The first-order valence-electron chi connectivity index (χ1n) is 8.05. The number of hydrogen-bond acceptors (Lipinski definition) is 3. The minimum atomic E-state index is -5.20. The standard InChI is InChI=1S/C21H12ClF3O3/c22-17-9-5-4-8-15(17)18-11-10-14(28-18)12-16(20(27)21(23,24)25)19(26)13-6-2-1-3-7-13/h1-12H. The van der Waals surface area contributed by atoms with E-state index in [0.29, 0.717) is 16.3 Å². The summed E-state index contributed by atoms with van der Waals surface area (Å²) in [6, 6.07) is 16.8. The molecular formula is C21H12ClF3O3. The number of carbonyl (C=O) groups is 2. The number of halogens is 4. The summed E-state index contributed by atoms with van der Waals surface area (Å²) in [6.45, 7) is 0. The van der Waals surface area contributed by atoms with Gasteiger partial charge >= 0.3 is 6.18 Å². The van der Waals surface area contributed by atoms with E-state index in [2.05, 4.69) is 0 Å². The van der Waals surface area contributed by atoms with Crippen molar-refractivity contribution in [2.75, 3.05) is 0 Å². The molecule has 0 aliphatic rings. The van der Waals surface area contributed by atoms with Crippen LogP contribution in [-0.4, -0.2) is 17.7 Å². The van der Waals surface area contributed by atoms with Gasteiger partial charge in [-0.15, -0.1) is 0 Å². The van der Waals surface area contributed by atoms with Gasteiger partial charge in [-0.25, -0.2) is 0 Å². The van der Waals surface area contributed by atoms with Gasteiger partial charge in [0.05, 0.1) is 10.6 Å². The molecule has 0 N–H and O–H groups in total. The molecule has 0 fully saturated rings. The van der Waals surface area contributed by atoms with Gasteiger partial charge in [-0.05, 0) is 30.3 Å². The lowest BCUT2D eigenvalue weighted by Crippen LogP contribution is -2.28. The van der Waals surface area contributed by atoms with Crippen molar-refractivity contribution < 1.29 is 27.2 Å². The summed E-state index contributed by atoms with van der Waals surface area (Å²) in [4.78, 5) is 24.4. The van der Waals surface area contributed by atoms with E-state index in [4.69, 9.17) is 16.0 Å². The molecule has 0 saturated heterocycles. The number of carbonyl (C=O) groups excluding carboxylic acids is 2. The normalized spacial score (nSPS) is 12.1. The van der Waals surface area contributed by atoms with Gasteiger partial charge in [-0.3, -0.25) is 9.59 Å². The maximum Gasteiger partial charge on any atom is 0.455 e.